The van der Waals surface area contributed by atoms with Crippen molar-refractivity contribution in [2.45, 2.75) is 64.8 Å². The van der Waals surface area contributed by atoms with Crippen molar-refractivity contribution in [3.63, 3.8) is 0 Å². The summed E-state index contributed by atoms with van der Waals surface area (Å²) < 4.78 is 5.31. The molecule has 0 spiro atoms. The molecule has 2 aromatic heterocycles. The molecule has 2 unspecified atom stereocenters. The first-order valence-electron chi connectivity index (χ1n) is 10.1. The molecule has 29 heavy (non-hydrogen) atoms. The van der Waals surface area contributed by atoms with Gasteiger partial charge < -0.3 is 19.7 Å². The van der Waals surface area contributed by atoms with E-state index in [-0.39, 0.29) is 24.3 Å². The Bertz CT molecular complexity index is 846. The van der Waals surface area contributed by atoms with Gasteiger partial charge >= 0.3 is 6.09 Å². The number of anilines is 1. The molecule has 2 amide bonds. The van der Waals surface area contributed by atoms with Crippen LogP contribution in [0.2, 0.25) is 0 Å². The quantitative estimate of drug-likeness (QED) is 0.619. The van der Waals surface area contributed by atoms with Gasteiger partial charge in [0.25, 0.3) is 0 Å². The second-order valence-electron chi connectivity index (χ2n) is 7.89. The number of nitrogens with one attached hydrogen (secondary N) is 2. The summed E-state index contributed by atoms with van der Waals surface area (Å²) in [4.78, 5) is 29.4. The molecule has 1 aliphatic rings. The van der Waals surface area contributed by atoms with Crippen LogP contribution in [0, 0.1) is 12.8 Å². The lowest BCUT2D eigenvalue weighted by Crippen LogP contribution is -2.40. The van der Waals surface area contributed by atoms with E-state index in [0.29, 0.717) is 29.9 Å². The van der Waals surface area contributed by atoms with E-state index in [9.17, 15) is 14.7 Å². The van der Waals surface area contributed by atoms with E-state index in [0.717, 1.165) is 31.4 Å². The second kappa shape index (κ2) is 9.11. The van der Waals surface area contributed by atoms with Gasteiger partial charge in [-0.15, -0.1) is 0 Å². The number of carbonyl (C=O) groups is 2. The summed E-state index contributed by atoms with van der Waals surface area (Å²) in [5.41, 5.74) is 0.923. The second-order valence-corrected chi connectivity index (χ2v) is 7.89. The van der Waals surface area contributed by atoms with E-state index in [1.54, 1.807) is 11.8 Å². The summed E-state index contributed by atoms with van der Waals surface area (Å²) in [7, 11) is 0. The molecular formula is C20H29N5O4. The van der Waals surface area contributed by atoms with E-state index in [1.165, 1.54) is 6.20 Å². The lowest BCUT2D eigenvalue weighted by Gasteiger charge is -2.28. The Morgan fingerprint density at radius 1 is 1.45 bits per heavy atom. The Kier molecular flexibility index (Phi) is 6.56. The maximum atomic E-state index is 12.1. The number of aromatic nitrogens is 3. The molecule has 0 aliphatic heterocycles. The zero-order chi connectivity index (χ0) is 21.0. The van der Waals surface area contributed by atoms with Crippen molar-refractivity contribution in [3.8, 4) is 0 Å². The molecule has 2 heterocycles. The number of carbonyl (C=O) groups excluding carboxylic acids is 1. The largest absolute Gasteiger partial charge is 0.465 e. The van der Waals surface area contributed by atoms with E-state index in [1.807, 2.05) is 6.07 Å². The smallest absolute Gasteiger partial charge is 0.407 e. The Morgan fingerprint density at radius 3 is 2.90 bits per heavy atom. The number of aryl methyl sites for hydroxylation is 1. The molecule has 1 fully saturated rings. The van der Waals surface area contributed by atoms with Crippen LogP contribution in [0.3, 0.4) is 0 Å². The first kappa shape index (κ1) is 20.9. The van der Waals surface area contributed by atoms with Crippen molar-refractivity contribution >= 4 is 17.8 Å². The van der Waals surface area contributed by atoms with Crippen molar-refractivity contribution in [1.82, 2.24) is 20.1 Å². The molecule has 0 saturated heterocycles. The maximum absolute atomic E-state index is 12.1. The van der Waals surface area contributed by atoms with Crippen LogP contribution in [-0.2, 0) is 11.2 Å². The highest BCUT2D eigenvalue weighted by Crippen LogP contribution is 2.37. The standard InChI is InChI=1S/C20H29N5O4/c1-4-12(2)11-25(20(27)28)15-6-5-14(7-15)17-9-18(24-23-17)22-19(26)8-16-10-21-13(3)29-16/h9-10,12,14-15H,4-8,11H2,1-3H3,(H,27,28)(H2,22,23,24,26)/t12-,14?,15?/m0/s1. The Morgan fingerprint density at radius 2 is 2.24 bits per heavy atom. The predicted molar refractivity (Wildman–Crippen MR) is 107 cm³/mol. The molecule has 0 aromatic carbocycles. The van der Waals surface area contributed by atoms with Gasteiger partial charge in [-0.05, 0) is 25.2 Å². The summed E-state index contributed by atoms with van der Waals surface area (Å²) in [5, 5.41) is 19.5. The highest BCUT2D eigenvalue weighted by atomic mass is 16.4. The van der Waals surface area contributed by atoms with Gasteiger partial charge in [0.15, 0.2) is 11.7 Å². The number of nitrogens with zero attached hydrogens (tertiary/aromatic N) is 3. The van der Waals surface area contributed by atoms with Crippen molar-refractivity contribution < 1.29 is 19.1 Å². The molecule has 2 aromatic rings. The van der Waals surface area contributed by atoms with Crippen LogP contribution in [-0.4, -0.2) is 49.8 Å². The molecule has 9 heteroatoms. The highest BCUT2D eigenvalue weighted by molar-refractivity contribution is 5.91. The Balaban J connectivity index is 1.56. The zero-order valence-corrected chi connectivity index (χ0v) is 17.1. The van der Waals surface area contributed by atoms with E-state index < -0.39 is 6.09 Å². The summed E-state index contributed by atoms with van der Waals surface area (Å²) in [6, 6.07) is 1.85. The molecule has 3 atom stereocenters. The van der Waals surface area contributed by atoms with Gasteiger partial charge in [0.05, 0.1) is 12.6 Å². The number of hydrogen-bond acceptors (Lipinski definition) is 5. The van der Waals surface area contributed by atoms with Gasteiger partial charge in [-0.3, -0.25) is 9.89 Å². The summed E-state index contributed by atoms with van der Waals surface area (Å²) >= 11 is 0. The number of aromatic amines is 1. The van der Waals surface area contributed by atoms with Gasteiger partial charge in [-0.1, -0.05) is 20.3 Å². The average Bonchev–Trinajstić information content (AvgIpc) is 3.40. The minimum atomic E-state index is -0.851. The molecular weight excluding hydrogens is 374 g/mol. The normalized spacial score (nSPS) is 19.8. The predicted octanol–water partition coefficient (Wildman–Crippen LogP) is 3.55. The van der Waals surface area contributed by atoms with Crippen molar-refractivity contribution in [2.24, 2.45) is 5.92 Å². The van der Waals surface area contributed by atoms with Crippen LogP contribution in [0.25, 0.3) is 0 Å². The lowest BCUT2D eigenvalue weighted by molar-refractivity contribution is -0.115. The van der Waals surface area contributed by atoms with E-state index >= 15 is 0 Å². The van der Waals surface area contributed by atoms with Gasteiger partial charge in [0.2, 0.25) is 5.91 Å². The van der Waals surface area contributed by atoms with Crippen LogP contribution in [0.5, 0.6) is 0 Å². The van der Waals surface area contributed by atoms with Crippen LogP contribution in [0.1, 0.15) is 62.8 Å². The third-order valence-corrected chi connectivity index (χ3v) is 5.61. The average molecular weight is 403 g/mol. The molecule has 3 N–H and O–H groups in total. The van der Waals surface area contributed by atoms with Gasteiger partial charge in [0.1, 0.15) is 5.76 Å². The van der Waals surface area contributed by atoms with Gasteiger partial charge in [0, 0.05) is 37.2 Å². The fourth-order valence-electron chi connectivity index (χ4n) is 3.81. The number of carboxylic acid groups (broad SMARTS) is 1. The molecule has 0 radical (unpaired) electrons. The number of H-pyrrole nitrogens is 1. The third kappa shape index (κ3) is 5.36. The van der Waals surface area contributed by atoms with Crippen molar-refractivity contribution in [1.29, 1.82) is 0 Å². The topological polar surface area (TPSA) is 124 Å². The molecule has 1 saturated carbocycles. The minimum absolute atomic E-state index is 0.0162. The molecule has 3 rings (SSSR count). The maximum Gasteiger partial charge on any atom is 0.407 e. The fraction of sp³-hybridized carbons (Fsp3) is 0.600. The molecule has 9 nitrogen and oxygen atoms in total. The summed E-state index contributed by atoms with van der Waals surface area (Å²) in [6.07, 6.45) is 4.22. The van der Waals surface area contributed by atoms with E-state index in [4.69, 9.17) is 4.42 Å². The fourth-order valence-corrected chi connectivity index (χ4v) is 3.81. The zero-order valence-electron chi connectivity index (χ0n) is 17.1. The van der Waals surface area contributed by atoms with E-state index in [2.05, 4.69) is 34.3 Å². The van der Waals surface area contributed by atoms with Crippen molar-refractivity contribution in [3.05, 3.63) is 29.6 Å². The molecule has 1 aliphatic carbocycles. The number of oxazole rings is 1. The van der Waals surface area contributed by atoms with Crippen molar-refractivity contribution in [2.75, 3.05) is 11.9 Å². The number of rotatable bonds is 8. The monoisotopic (exact) mass is 403 g/mol. The number of amides is 2. The van der Waals surface area contributed by atoms with Crippen LogP contribution < -0.4 is 5.32 Å². The SMILES string of the molecule is CC[C@H](C)CN(C(=O)O)C1CCC(c2cc(NC(=O)Cc3cnc(C)o3)n[nH]2)C1. The minimum Gasteiger partial charge on any atom is -0.465 e. The van der Waals surface area contributed by atoms with Crippen LogP contribution >= 0.6 is 0 Å². The van der Waals surface area contributed by atoms with Crippen LogP contribution in [0.15, 0.2) is 16.7 Å². The first-order valence-corrected chi connectivity index (χ1v) is 10.1. The number of hydrogen-bond donors (Lipinski definition) is 3. The van der Waals surface area contributed by atoms with Gasteiger partial charge in [-0.25, -0.2) is 9.78 Å². The Labute approximate surface area is 169 Å². The summed E-state index contributed by atoms with van der Waals surface area (Å²) in [6.45, 7) is 6.44. The molecule has 158 valence electrons. The Hall–Kier alpha value is -2.84. The van der Waals surface area contributed by atoms with Crippen LogP contribution in [0.4, 0.5) is 10.6 Å². The lowest BCUT2D eigenvalue weighted by atomic mass is 10.0. The third-order valence-electron chi connectivity index (χ3n) is 5.61. The van der Waals surface area contributed by atoms with Gasteiger partial charge in [-0.2, -0.15) is 5.10 Å². The first-order chi connectivity index (χ1) is 13.9. The highest BCUT2D eigenvalue weighted by Gasteiger charge is 2.34. The molecule has 0 bridgehead atoms. The summed E-state index contributed by atoms with van der Waals surface area (Å²) in [5.74, 6) is 1.80.